The molecule has 0 aliphatic carbocycles. The van der Waals surface area contributed by atoms with Crippen molar-refractivity contribution in [2.75, 3.05) is 32.4 Å². The third kappa shape index (κ3) is 3.82. The summed E-state index contributed by atoms with van der Waals surface area (Å²) in [6.07, 6.45) is 3.56. The van der Waals surface area contributed by atoms with Gasteiger partial charge in [-0.1, -0.05) is 18.6 Å². The summed E-state index contributed by atoms with van der Waals surface area (Å²) in [4.78, 5) is 27.7. The average molecular weight is 383 g/mol. The molecule has 1 atom stereocenters. The van der Waals surface area contributed by atoms with Crippen LogP contribution in [0.5, 0.6) is 0 Å². The van der Waals surface area contributed by atoms with Crippen molar-refractivity contribution < 1.29 is 22.4 Å². The molecule has 0 spiro atoms. The van der Waals surface area contributed by atoms with E-state index in [1.807, 2.05) is 0 Å². The Morgan fingerprint density at radius 2 is 1.81 bits per heavy atom. The number of imide groups is 1. The Hall–Kier alpha value is -2.16. The third-order valence-electron chi connectivity index (χ3n) is 4.89. The zero-order valence-corrected chi connectivity index (χ0v) is 15.4. The van der Waals surface area contributed by atoms with Gasteiger partial charge in [-0.25, -0.2) is 31.6 Å². The van der Waals surface area contributed by atoms with Crippen molar-refractivity contribution in [1.82, 2.24) is 14.1 Å². The third-order valence-corrected chi connectivity index (χ3v) is 6.02. The highest BCUT2D eigenvalue weighted by atomic mass is 32.2. The van der Waals surface area contributed by atoms with Gasteiger partial charge in [0, 0.05) is 19.0 Å². The lowest BCUT2D eigenvalue weighted by molar-refractivity contribution is 0.161. The van der Waals surface area contributed by atoms with Gasteiger partial charge in [0.05, 0.1) is 19.3 Å². The second-order valence-corrected chi connectivity index (χ2v) is 8.65. The lowest BCUT2D eigenvalue weighted by Gasteiger charge is -2.28. The van der Waals surface area contributed by atoms with Gasteiger partial charge in [-0.15, -0.1) is 0 Å². The topological polar surface area (TPSA) is 78.0 Å². The molecule has 142 valence electrons. The number of carbonyl (C=O) groups is 2. The normalized spacial score (nSPS) is 21.8. The second kappa shape index (κ2) is 7.22. The van der Waals surface area contributed by atoms with Crippen LogP contribution in [0.1, 0.15) is 30.7 Å². The summed E-state index contributed by atoms with van der Waals surface area (Å²) in [5.74, 6) is -0.246. The number of urea groups is 2. The van der Waals surface area contributed by atoms with Crippen LogP contribution in [0.3, 0.4) is 0 Å². The summed E-state index contributed by atoms with van der Waals surface area (Å²) in [5.41, 5.74) is 0.955. The van der Waals surface area contributed by atoms with Crippen LogP contribution in [0.2, 0.25) is 0 Å². The van der Waals surface area contributed by atoms with E-state index >= 15 is 0 Å². The van der Waals surface area contributed by atoms with E-state index in [0.717, 1.165) is 40.3 Å². The molecule has 0 aromatic heterocycles. The van der Waals surface area contributed by atoms with E-state index in [2.05, 4.69) is 0 Å². The van der Waals surface area contributed by atoms with Crippen molar-refractivity contribution >= 4 is 22.1 Å². The van der Waals surface area contributed by atoms with Gasteiger partial charge in [-0.2, -0.15) is 0 Å². The Morgan fingerprint density at radius 3 is 2.42 bits per heavy atom. The Morgan fingerprint density at radius 1 is 1.12 bits per heavy atom. The van der Waals surface area contributed by atoms with E-state index in [9.17, 15) is 22.4 Å². The van der Waals surface area contributed by atoms with Crippen LogP contribution in [-0.2, 0) is 10.0 Å². The molecule has 7 nitrogen and oxygen atoms in total. The molecule has 4 amide bonds. The predicted molar refractivity (Wildman–Crippen MR) is 93.6 cm³/mol. The van der Waals surface area contributed by atoms with Crippen LogP contribution < -0.4 is 0 Å². The van der Waals surface area contributed by atoms with E-state index in [4.69, 9.17) is 0 Å². The van der Waals surface area contributed by atoms with Crippen LogP contribution in [-0.4, -0.2) is 67.0 Å². The van der Waals surface area contributed by atoms with Crippen LogP contribution in [0.25, 0.3) is 0 Å². The van der Waals surface area contributed by atoms with Crippen LogP contribution in [0.4, 0.5) is 14.0 Å². The summed E-state index contributed by atoms with van der Waals surface area (Å²) in [7, 11) is -3.68. The average Bonchev–Trinajstić information content (AvgIpc) is 2.82. The molecule has 26 heavy (non-hydrogen) atoms. The van der Waals surface area contributed by atoms with Crippen molar-refractivity contribution in [3.63, 3.8) is 0 Å². The smallest absolute Gasteiger partial charge is 0.324 e. The zero-order valence-electron chi connectivity index (χ0n) is 14.6. The van der Waals surface area contributed by atoms with Crippen molar-refractivity contribution in [3.8, 4) is 0 Å². The van der Waals surface area contributed by atoms with Gasteiger partial charge in [0.1, 0.15) is 5.82 Å². The van der Waals surface area contributed by atoms with Gasteiger partial charge in [-0.05, 0) is 30.5 Å². The molecule has 0 unspecified atom stereocenters. The van der Waals surface area contributed by atoms with E-state index in [-0.39, 0.29) is 24.8 Å². The molecule has 2 saturated heterocycles. The fourth-order valence-corrected chi connectivity index (χ4v) is 4.29. The highest BCUT2D eigenvalue weighted by Gasteiger charge is 2.40. The first-order valence-electron chi connectivity index (χ1n) is 8.61. The summed E-state index contributed by atoms with van der Waals surface area (Å²) in [5, 5.41) is 0. The minimum absolute atomic E-state index is 0.0152. The molecular formula is C17H22FN3O4S. The zero-order chi connectivity index (χ0) is 18.9. The predicted octanol–water partition coefficient (Wildman–Crippen LogP) is 2.21. The van der Waals surface area contributed by atoms with Gasteiger partial charge < -0.3 is 4.90 Å². The van der Waals surface area contributed by atoms with Crippen molar-refractivity contribution in [2.24, 2.45) is 0 Å². The first-order valence-corrected chi connectivity index (χ1v) is 10.5. The molecule has 3 rings (SSSR count). The Bertz CT molecular complexity index is 797. The van der Waals surface area contributed by atoms with Crippen molar-refractivity contribution in [3.05, 3.63) is 35.6 Å². The fraction of sp³-hybridized carbons (Fsp3) is 0.529. The van der Waals surface area contributed by atoms with E-state index in [0.29, 0.717) is 13.1 Å². The lowest BCUT2D eigenvalue weighted by atomic mass is 9.94. The van der Waals surface area contributed by atoms with E-state index in [1.54, 1.807) is 17.0 Å². The minimum atomic E-state index is -3.68. The molecule has 2 fully saturated rings. The maximum atomic E-state index is 13.2. The van der Waals surface area contributed by atoms with Gasteiger partial charge in [0.25, 0.3) is 0 Å². The number of hydrogen-bond donors (Lipinski definition) is 0. The number of sulfonamides is 1. The molecular weight excluding hydrogens is 361 g/mol. The standard InChI is InChI=1S/C17H22FN3O4S/c1-26(24,25)21-11-10-20(17(21)23)16(22)19-9-3-2-4-14(12-19)13-5-7-15(18)8-6-13/h5-8,14H,2-4,9-12H2,1H3/t14-/m0/s1. The number of hydrogen-bond acceptors (Lipinski definition) is 4. The largest absolute Gasteiger partial charge is 0.341 e. The summed E-state index contributed by atoms with van der Waals surface area (Å²) in [6.45, 7) is 0.980. The summed E-state index contributed by atoms with van der Waals surface area (Å²) >= 11 is 0. The Kier molecular flexibility index (Phi) is 5.17. The van der Waals surface area contributed by atoms with Crippen molar-refractivity contribution in [1.29, 1.82) is 0 Å². The van der Waals surface area contributed by atoms with Gasteiger partial charge >= 0.3 is 12.1 Å². The number of carbonyl (C=O) groups excluding carboxylic acids is 2. The number of halogens is 1. The quantitative estimate of drug-likeness (QED) is 0.784. The van der Waals surface area contributed by atoms with Gasteiger partial charge in [0.2, 0.25) is 10.0 Å². The monoisotopic (exact) mass is 383 g/mol. The van der Waals surface area contributed by atoms with E-state index < -0.39 is 22.1 Å². The van der Waals surface area contributed by atoms with E-state index in [1.165, 1.54) is 12.1 Å². The molecule has 2 heterocycles. The molecule has 1 aromatic rings. The summed E-state index contributed by atoms with van der Waals surface area (Å²) in [6, 6.07) is 5.00. The highest BCUT2D eigenvalue weighted by molar-refractivity contribution is 7.88. The number of likely N-dealkylation sites (tertiary alicyclic amines) is 1. The van der Waals surface area contributed by atoms with Gasteiger partial charge in [0.15, 0.2) is 0 Å². The first kappa shape index (κ1) is 18.6. The molecule has 2 aliphatic rings. The second-order valence-electron chi connectivity index (χ2n) is 6.74. The highest BCUT2D eigenvalue weighted by Crippen LogP contribution is 2.28. The molecule has 1 aromatic carbocycles. The molecule has 2 aliphatic heterocycles. The molecule has 0 N–H and O–H groups in total. The maximum Gasteiger partial charge on any atom is 0.341 e. The van der Waals surface area contributed by atoms with Crippen LogP contribution in [0, 0.1) is 5.82 Å². The summed E-state index contributed by atoms with van der Waals surface area (Å²) < 4.78 is 37.1. The van der Waals surface area contributed by atoms with Crippen molar-refractivity contribution in [2.45, 2.75) is 25.2 Å². The Balaban J connectivity index is 1.74. The molecule has 0 bridgehead atoms. The maximum absolute atomic E-state index is 13.2. The van der Waals surface area contributed by atoms with Crippen LogP contribution >= 0.6 is 0 Å². The number of amides is 4. The first-order chi connectivity index (χ1) is 12.3. The fourth-order valence-electron chi connectivity index (χ4n) is 3.50. The number of benzene rings is 1. The number of rotatable bonds is 2. The minimum Gasteiger partial charge on any atom is -0.324 e. The Labute approximate surface area is 152 Å². The van der Waals surface area contributed by atoms with Crippen LogP contribution in [0.15, 0.2) is 24.3 Å². The molecule has 0 radical (unpaired) electrons. The lowest BCUT2D eigenvalue weighted by Crippen LogP contribution is -2.47. The molecule has 9 heteroatoms. The SMILES string of the molecule is CS(=O)(=O)N1CCN(C(=O)N2CCCC[C@H](c3ccc(F)cc3)C2)C1=O. The van der Waals surface area contributed by atoms with Gasteiger partial charge in [-0.3, -0.25) is 0 Å². The molecule has 0 saturated carbocycles. The number of nitrogens with zero attached hydrogens (tertiary/aromatic N) is 3.